The molecule has 0 amide bonds. The van der Waals surface area contributed by atoms with Crippen LogP contribution in [0.4, 0.5) is 0 Å². The van der Waals surface area contributed by atoms with Crippen LogP contribution in [0.3, 0.4) is 0 Å². The van der Waals surface area contributed by atoms with Gasteiger partial charge in [-0.1, -0.05) is 0 Å². The summed E-state index contributed by atoms with van der Waals surface area (Å²) in [7, 11) is 0. The molecule has 0 bridgehead atoms. The van der Waals surface area contributed by atoms with E-state index in [-0.39, 0.29) is 12.5 Å². The van der Waals surface area contributed by atoms with Crippen LogP contribution in [0.15, 0.2) is 34.1 Å². The molecule has 66 valence electrons. The second kappa shape index (κ2) is 3.55. The van der Waals surface area contributed by atoms with E-state index in [9.17, 15) is 0 Å². The van der Waals surface area contributed by atoms with Crippen molar-refractivity contribution in [2.75, 3.05) is 0 Å². The number of hydrogen-bond acceptors (Lipinski definition) is 3. The first-order chi connectivity index (χ1) is 7.09. The van der Waals surface area contributed by atoms with Crippen LogP contribution >= 0.6 is 31.9 Å². The molecule has 0 saturated carbocycles. The van der Waals surface area contributed by atoms with Crippen molar-refractivity contribution in [3.8, 4) is 5.82 Å². The molecular formula is C7H4Br2N4. The van der Waals surface area contributed by atoms with E-state index >= 15 is 0 Å². The highest BCUT2D eigenvalue weighted by molar-refractivity contribution is 9.10. The average Bonchev–Trinajstić information content (AvgIpc) is 2.41. The highest BCUT2D eigenvalue weighted by Crippen LogP contribution is 2.11. The van der Waals surface area contributed by atoms with Gasteiger partial charge in [0.2, 0.25) is 0 Å². The minimum Gasteiger partial charge on any atom is -0.288 e. The molecule has 2 heterocycles. The molecule has 2 aromatic heterocycles. The summed E-state index contributed by atoms with van der Waals surface area (Å²) >= 11 is 6.26. The van der Waals surface area contributed by atoms with E-state index in [4.69, 9.17) is 2.74 Å². The third kappa shape index (κ3) is 1.94. The zero-order valence-electron chi connectivity index (χ0n) is 8.20. The highest BCUT2D eigenvalue weighted by atomic mass is 79.9. The standard InChI is InChI=1S/C7H4Br2N4/c8-5-1-10-2-7(12-5)13-3-6(9)11-4-13/h1-4H/i3D,4D. The van der Waals surface area contributed by atoms with Crippen LogP contribution in [0, 0.1) is 0 Å². The van der Waals surface area contributed by atoms with Crippen molar-refractivity contribution in [2.45, 2.75) is 0 Å². The summed E-state index contributed by atoms with van der Waals surface area (Å²) in [6.07, 6.45) is 3.02. The third-order valence-corrected chi connectivity index (χ3v) is 2.01. The molecule has 4 nitrogen and oxygen atoms in total. The number of aromatic nitrogens is 4. The predicted molar refractivity (Wildman–Crippen MR) is 54.6 cm³/mol. The Labute approximate surface area is 94.1 Å². The van der Waals surface area contributed by atoms with Gasteiger partial charge in [-0.3, -0.25) is 9.55 Å². The average molecular weight is 306 g/mol. The molecule has 0 radical (unpaired) electrons. The lowest BCUT2D eigenvalue weighted by atomic mass is 10.6. The molecule has 0 N–H and O–H groups in total. The molecule has 2 aromatic rings. The maximum Gasteiger partial charge on any atom is 0.157 e. The lowest BCUT2D eigenvalue weighted by molar-refractivity contribution is 0.960. The van der Waals surface area contributed by atoms with Crippen LogP contribution in [-0.2, 0) is 0 Å². The van der Waals surface area contributed by atoms with Crippen LogP contribution in [-0.4, -0.2) is 19.5 Å². The van der Waals surface area contributed by atoms with E-state index in [0.717, 1.165) is 0 Å². The quantitative estimate of drug-likeness (QED) is 0.811. The molecule has 0 saturated heterocycles. The summed E-state index contributed by atoms with van der Waals surface area (Å²) in [6.45, 7) is 0. The molecule has 6 heteroatoms. The smallest absolute Gasteiger partial charge is 0.157 e. The first-order valence-corrected chi connectivity index (χ1v) is 4.87. The fourth-order valence-corrected chi connectivity index (χ4v) is 1.34. The lowest BCUT2D eigenvalue weighted by Crippen LogP contribution is -1.95. The zero-order valence-corrected chi connectivity index (χ0v) is 9.37. The fraction of sp³-hybridized carbons (Fsp3) is 0. The van der Waals surface area contributed by atoms with Crippen LogP contribution in [0.5, 0.6) is 0 Å². The van der Waals surface area contributed by atoms with Crippen molar-refractivity contribution in [3.63, 3.8) is 0 Å². The maximum absolute atomic E-state index is 7.67. The van der Waals surface area contributed by atoms with Gasteiger partial charge in [-0.2, -0.15) is 0 Å². The maximum atomic E-state index is 7.67. The Balaban J connectivity index is 2.63. The van der Waals surface area contributed by atoms with Crippen LogP contribution in [0.25, 0.3) is 5.82 Å². The molecule has 2 rings (SSSR count). The summed E-state index contributed by atoms with van der Waals surface area (Å²) in [5.41, 5.74) is 0. The summed E-state index contributed by atoms with van der Waals surface area (Å²) in [5.74, 6) is 0.387. The van der Waals surface area contributed by atoms with Gasteiger partial charge in [-0.25, -0.2) is 9.97 Å². The van der Waals surface area contributed by atoms with Crippen molar-refractivity contribution < 1.29 is 2.74 Å². The van der Waals surface area contributed by atoms with Crippen LogP contribution in [0.2, 0.25) is 0 Å². The molecule has 0 spiro atoms. The molecular weight excluding hydrogens is 300 g/mol. The van der Waals surface area contributed by atoms with Gasteiger partial charge in [0, 0.05) is 6.17 Å². The summed E-state index contributed by atoms with van der Waals surface area (Å²) in [6, 6.07) is 0. The summed E-state index contributed by atoms with van der Waals surface area (Å²) in [5, 5.41) is 0. The van der Waals surface area contributed by atoms with Gasteiger partial charge < -0.3 is 0 Å². The van der Waals surface area contributed by atoms with Gasteiger partial charge in [-0.15, -0.1) is 0 Å². The van der Waals surface area contributed by atoms with Crippen LogP contribution in [0.1, 0.15) is 2.74 Å². The Bertz CT molecular complexity index is 514. The number of rotatable bonds is 1. The molecule has 0 unspecified atom stereocenters. The summed E-state index contributed by atoms with van der Waals surface area (Å²) in [4.78, 5) is 11.8. The van der Waals surface area contributed by atoms with E-state index in [2.05, 4.69) is 46.8 Å². The Morgan fingerprint density at radius 2 is 2.15 bits per heavy atom. The Morgan fingerprint density at radius 1 is 1.31 bits per heavy atom. The van der Waals surface area contributed by atoms with Crippen molar-refractivity contribution >= 4 is 31.9 Å². The Kier molecular flexibility index (Phi) is 1.82. The van der Waals surface area contributed by atoms with Crippen molar-refractivity contribution in [3.05, 3.63) is 34.1 Å². The monoisotopic (exact) mass is 304 g/mol. The molecule has 0 aromatic carbocycles. The number of hydrogen-bond donors (Lipinski definition) is 0. The van der Waals surface area contributed by atoms with Gasteiger partial charge >= 0.3 is 0 Å². The predicted octanol–water partition coefficient (Wildman–Crippen LogP) is 2.19. The molecule has 0 aliphatic rings. The largest absolute Gasteiger partial charge is 0.288 e. The normalized spacial score (nSPS) is 12.5. The topological polar surface area (TPSA) is 43.6 Å². The second-order valence-electron chi connectivity index (χ2n) is 2.15. The van der Waals surface area contributed by atoms with E-state index in [1.54, 1.807) is 0 Å². The van der Waals surface area contributed by atoms with Gasteiger partial charge in [0.25, 0.3) is 0 Å². The zero-order chi connectivity index (χ0) is 11.0. The SMILES string of the molecule is [2H]c1nc(Br)c([2H])n1-c1cncc(Br)n1. The minimum absolute atomic E-state index is 0.0562. The van der Waals surface area contributed by atoms with Gasteiger partial charge in [0.05, 0.1) is 13.8 Å². The molecule has 13 heavy (non-hydrogen) atoms. The van der Waals surface area contributed by atoms with E-state index in [1.807, 2.05) is 0 Å². The first-order valence-electron chi connectivity index (χ1n) is 4.29. The Morgan fingerprint density at radius 3 is 2.77 bits per heavy atom. The lowest BCUT2D eigenvalue weighted by Gasteiger charge is -1.98. The number of imidazole rings is 1. The minimum atomic E-state index is -0.0562. The van der Waals surface area contributed by atoms with Crippen molar-refractivity contribution in [2.24, 2.45) is 0 Å². The van der Waals surface area contributed by atoms with Gasteiger partial charge in [0.1, 0.15) is 16.9 Å². The highest BCUT2D eigenvalue weighted by Gasteiger charge is 2.00. The van der Waals surface area contributed by atoms with E-state index in [0.29, 0.717) is 15.0 Å². The van der Waals surface area contributed by atoms with Gasteiger partial charge in [-0.05, 0) is 31.9 Å². The summed E-state index contributed by atoms with van der Waals surface area (Å²) < 4.78 is 17.4. The molecule has 0 fully saturated rings. The first kappa shape index (κ1) is 6.67. The Hall–Kier alpha value is -0.750. The molecule has 0 aliphatic heterocycles. The van der Waals surface area contributed by atoms with Crippen LogP contribution < -0.4 is 0 Å². The fourth-order valence-electron chi connectivity index (χ4n) is 0.785. The molecule has 0 aliphatic carbocycles. The van der Waals surface area contributed by atoms with Crippen molar-refractivity contribution in [1.82, 2.24) is 19.5 Å². The third-order valence-electron chi connectivity index (χ3n) is 1.27. The van der Waals surface area contributed by atoms with E-state index in [1.165, 1.54) is 17.0 Å². The molecule has 0 atom stereocenters. The van der Waals surface area contributed by atoms with Gasteiger partial charge in [0.15, 0.2) is 5.82 Å². The number of halogens is 2. The number of nitrogens with zero attached hydrogens (tertiary/aromatic N) is 4. The second-order valence-corrected chi connectivity index (χ2v) is 3.71. The van der Waals surface area contributed by atoms with Crippen molar-refractivity contribution in [1.29, 1.82) is 0 Å². The van der Waals surface area contributed by atoms with E-state index < -0.39 is 0 Å².